The van der Waals surface area contributed by atoms with E-state index in [9.17, 15) is 4.79 Å². The van der Waals surface area contributed by atoms with E-state index in [0.717, 1.165) is 24.1 Å². The van der Waals surface area contributed by atoms with Gasteiger partial charge in [0.1, 0.15) is 9.88 Å². The zero-order chi connectivity index (χ0) is 20.6. The first kappa shape index (κ1) is 27.1. The number of nitrogens with one attached hydrogen (secondary N) is 2. The number of carbonyl (C=O) groups excluding carboxylic acids is 1. The normalized spacial score (nSPS) is 13.1. The van der Waals surface area contributed by atoms with E-state index in [1.807, 2.05) is 20.8 Å². The number of aryl methyl sites for hydroxylation is 1. The van der Waals surface area contributed by atoms with Crippen molar-refractivity contribution in [3.8, 4) is 0 Å². The molecule has 28 heavy (non-hydrogen) atoms. The van der Waals surface area contributed by atoms with Crippen LogP contribution >= 0.6 is 35.3 Å². The first-order valence-corrected chi connectivity index (χ1v) is 10.2. The van der Waals surface area contributed by atoms with Gasteiger partial charge >= 0.3 is 5.97 Å². The van der Waals surface area contributed by atoms with Crippen molar-refractivity contribution in [2.45, 2.75) is 47.6 Å². The minimum absolute atomic E-state index is 0. The Kier molecular flexibility index (Phi) is 12.2. The van der Waals surface area contributed by atoms with Crippen LogP contribution in [0.4, 0.5) is 0 Å². The van der Waals surface area contributed by atoms with Gasteiger partial charge in [-0.1, -0.05) is 13.8 Å². The Morgan fingerprint density at radius 1 is 1.36 bits per heavy atom. The quantitative estimate of drug-likeness (QED) is 0.223. The average molecular weight is 526 g/mol. The van der Waals surface area contributed by atoms with Crippen LogP contribution in [-0.2, 0) is 4.74 Å². The summed E-state index contributed by atoms with van der Waals surface area (Å²) in [5.41, 5.74) is 0.778. The minimum atomic E-state index is -0.308. The number of halogens is 1. The van der Waals surface area contributed by atoms with Gasteiger partial charge in [0.25, 0.3) is 0 Å². The van der Waals surface area contributed by atoms with Crippen LogP contribution in [0.15, 0.2) is 4.99 Å². The molecule has 9 heteroatoms. The van der Waals surface area contributed by atoms with Crippen molar-refractivity contribution < 1.29 is 9.53 Å². The molecule has 7 nitrogen and oxygen atoms in total. The number of hydrogen-bond acceptors (Lipinski definition) is 6. The molecule has 0 aliphatic carbocycles. The molecule has 0 radical (unpaired) electrons. The highest BCUT2D eigenvalue weighted by Crippen LogP contribution is 2.24. The van der Waals surface area contributed by atoms with Crippen molar-refractivity contribution in [3.05, 3.63) is 15.6 Å². The lowest BCUT2D eigenvalue weighted by Crippen LogP contribution is -2.40. The second-order valence-corrected chi connectivity index (χ2v) is 8.68. The van der Waals surface area contributed by atoms with Crippen molar-refractivity contribution in [2.75, 3.05) is 40.3 Å². The fourth-order valence-electron chi connectivity index (χ4n) is 2.77. The van der Waals surface area contributed by atoms with E-state index >= 15 is 0 Å². The highest BCUT2D eigenvalue weighted by molar-refractivity contribution is 14.0. The van der Waals surface area contributed by atoms with Gasteiger partial charge in [-0.2, -0.15) is 0 Å². The summed E-state index contributed by atoms with van der Waals surface area (Å²) < 4.78 is 5.10. The molecular weight excluding hydrogens is 489 g/mol. The lowest BCUT2D eigenvalue weighted by Gasteiger charge is -2.27. The van der Waals surface area contributed by atoms with E-state index in [1.54, 1.807) is 6.92 Å². The lowest BCUT2D eigenvalue weighted by atomic mass is 9.93. The molecule has 1 aromatic rings. The standard InChI is InChI=1S/C19H35N5O2S.HI/c1-9-20-18(21-11-19(5,6)12-24(7)8)23-14(4)16-22-13(3)15(27-16)17(25)26-10-2;/h14H,9-12H2,1-8H3,(H2,20,21,23);1H. The van der Waals surface area contributed by atoms with Crippen molar-refractivity contribution in [2.24, 2.45) is 10.4 Å². The Morgan fingerprint density at radius 2 is 2.00 bits per heavy atom. The number of aliphatic imine (C=N–C) groups is 1. The number of esters is 1. The van der Waals surface area contributed by atoms with Crippen molar-refractivity contribution in [1.29, 1.82) is 0 Å². The Balaban J connectivity index is 0.00000729. The second-order valence-electron chi connectivity index (χ2n) is 7.65. The monoisotopic (exact) mass is 525 g/mol. The number of guanidine groups is 1. The van der Waals surface area contributed by atoms with Crippen molar-refractivity contribution >= 4 is 47.2 Å². The molecule has 0 fully saturated rings. The largest absolute Gasteiger partial charge is 0.462 e. The molecule has 0 aromatic carbocycles. The fraction of sp³-hybridized carbons (Fsp3) is 0.737. The molecule has 0 aliphatic heterocycles. The van der Waals surface area contributed by atoms with E-state index in [0.29, 0.717) is 23.7 Å². The Bertz CT molecular complexity index is 646. The van der Waals surface area contributed by atoms with E-state index in [1.165, 1.54) is 11.3 Å². The number of rotatable bonds is 9. The van der Waals surface area contributed by atoms with Crippen LogP contribution in [0.3, 0.4) is 0 Å². The number of ether oxygens (including phenoxy) is 1. The topological polar surface area (TPSA) is 78.9 Å². The van der Waals surface area contributed by atoms with Gasteiger partial charge in [0.15, 0.2) is 5.96 Å². The number of carbonyl (C=O) groups is 1. The summed E-state index contributed by atoms with van der Waals surface area (Å²) in [4.78, 5) is 24.0. The second kappa shape index (κ2) is 12.6. The molecule has 0 amide bonds. The van der Waals surface area contributed by atoms with Gasteiger partial charge in [-0.05, 0) is 47.2 Å². The van der Waals surface area contributed by atoms with E-state index in [4.69, 9.17) is 9.73 Å². The maximum atomic E-state index is 12.0. The van der Waals surface area contributed by atoms with Gasteiger partial charge < -0.3 is 20.3 Å². The molecule has 0 bridgehead atoms. The summed E-state index contributed by atoms with van der Waals surface area (Å²) in [6, 6.07) is -0.0633. The Labute approximate surface area is 190 Å². The van der Waals surface area contributed by atoms with Gasteiger partial charge in [-0.25, -0.2) is 9.78 Å². The summed E-state index contributed by atoms with van der Waals surface area (Å²) in [5.74, 6) is 0.444. The van der Waals surface area contributed by atoms with Gasteiger partial charge in [0.2, 0.25) is 0 Å². The van der Waals surface area contributed by atoms with Crippen LogP contribution in [0.25, 0.3) is 0 Å². The molecule has 1 unspecified atom stereocenters. The number of aromatic nitrogens is 1. The van der Waals surface area contributed by atoms with Crippen LogP contribution in [0.1, 0.15) is 61.0 Å². The summed E-state index contributed by atoms with van der Waals surface area (Å²) in [6.45, 7) is 14.9. The van der Waals surface area contributed by atoms with Crippen LogP contribution in [0, 0.1) is 12.3 Å². The molecule has 1 rings (SSSR count). The van der Waals surface area contributed by atoms with Crippen LogP contribution in [0.2, 0.25) is 0 Å². The first-order valence-electron chi connectivity index (χ1n) is 9.43. The summed E-state index contributed by atoms with van der Waals surface area (Å²) in [6.07, 6.45) is 0. The number of hydrogen-bond donors (Lipinski definition) is 2. The summed E-state index contributed by atoms with van der Waals surface area (Å²) in [7, 11) is 4.14. The molecule has 0 aliphatic rings. The molecule has 1 atom stereocenters. The zero-order valence-corrected chi connectivity index (χ0v) is 21.5. The van der Waals surface area contributed by atoms with Gasteiger partial charge in [0, 0.05) is 19.6 Å². The van der Waals surface area contributed by atoms with Crippen LogP contribution in [-0.4, -0.2) is 62.1 Å². The number of nitrogens with zero attached hydrogens (tertiary/aromatic N) is 3. The van der Waals surface area contributed by atoms with E-state index < -0.39 is 0 Å². The SMILES string of the molecule is CCNC(=NCC(C)(C)CN(C)C)NC(C)c1nc(C)c(C(=O)OCC)s1.I. The summed E-state index contributed by atoms with van der Waals surface area (Å²) in [5, 5.41) is 7.52. The van der Waals surface area contributed by atoms with Gasteiger partial charge in [-0.15, -0.1) is 35.3 Å². The van der Waals surface area contributed by atoms with Crippen LogP contribution in [0.5, 0.6) is 0 Å². The predicted octanol–water partition coefficient (Wildman–Crippen LogP) is 3.45. The molecule has 162 valence electrons. The lowest BCUT2D eigenvalue weighted by molar-refractivity contribution is 0.0531. The van der Waals surface area contributed by atoms with Gasteiger partial charge in [0.05, 0.1) is 18.3 Å². The third-order valence-corrected chi connectivity index (χ3v) is 5.07. The molecule has 1 aromatic heterocycles. The molecule has 0 saturated heterocycles. The third-order valence-electron chi connectivity index (χ3n) is 3.75. The smallest absolute Gasteiger partial charge is 0.350 e. The van der Waals surface area contributed by atoms with Crippen LogP contribution < -0.4 is 10.6 Å². The third kappa shape index (κ3) is 9.04. The highest BCUT2D eigenvalue weighted by atomic mass is 127. The molecule has 2 N–H and O–H groups in total. The molecule has 1 heterocycles. The van der Waals surface area contributed by atoms with Crippen molar-refractivity contribution in [3.63, 3.8) is 0 Å². The maximum Gasteiger partial charge on any atom is 0.350 e. The van der Waals surface area contributed by atoms with Gasteiger partial charge in [-0.3, -0.25) is 4.99 Å². The highest BCUT2D eigenvalue weighted by Gasteiger charge is 2.21. The Hall–Kier alpha value is -0.940. The zero-order valence-electron chi connectivity index (χ0n) is 18.4. The minimum Gasteiger partial charge on any atom is -0.462 e. The van der Waals surface area contributed by atoms with E-state index in [2.05, 4.69) is 48.5 Å². The molecule has 0 saturated carbocycles. The molecular formula is C19H36IN5O2S. The Morgan fingerprint density at radius 3 is 2.54 bits per heavy atom. The van der Waals surface area contributed by atoms with Crippen molar-refractivity contribution in [1.82, 2.24) is 20.5 Å². The predicted molar refractivity (Wildman–Crippen MR) is 128 cm³/mol. The average Bonchev–Trinajstić information content (AvgIpc) is 2.94. The maximum absolute atomic E-state index is 12.0. The van der Waals surface area contributed by atoms with E-state index in [-0.39, 0.29) is 41.4 Å². The number of thiazole rings is 1. The molecule has 0 spiro atoms. The summed E-state index contributed by atoms with van der Waals surface area (Å²) >= 11 is 1.37. The first-order chi connectivity index (χ1) is 12.6. The fourth-order valence-corrected chi connectivity index (χ4v) is 3.74.